The predicted octanol–water partition coefficient (Wildman–Crippen LogP) is 3.23. The molecule has 4 nitrogen and oxygen atoms in total. The molecule has 2 atom stereocenters. The minimum absolute atomic E-state index is 0.00960. The number of anilines is 1. The zero-order valence-corrected chi connectivity index (χ0v) is 14.0. The standard InChI is InChI=1S/C20H22N2O2/c1-3-15-9-11-17(12-10-15)22-19(23)13-18(20(22)24)21-14(2)16-7-5-4-6-8-16/h4-12,14,18,21H,3,13H2,1-2H3/t14-,18-/m1/s1. The van der Waals surface area contributed by atoms with Crippen molar-refractivity contribution in [1.29, 1.82) is 0 Å². The molecule has 0 unspecified atom stereocenters. The molecule has 4 heteroatoms. The molecule has 0 radical (unpaired) electrons. The van der Waals surface area contributed by atoms with Crippen LogP contribution >= 0.6 is 0 Å². The molecule has 1 N–H and O–H groups in total. The van der Waals surface area contributed by atoms with Crippen molar-refractivity contribution in [1.82, 2.24) is 5.32 Å². The fraction of sp³-hybridized carbons (Fsp3) is 0.300. The van der Waals surface area contributed by atoms with Crippen LogP contribution < -0.4 is 10.2 Å². The lowest BCUT2D eigenvalue weighted by molar-refractivity contribution is -0.121. The highest BCUT2D eigenvalue weighted by atomic mass is 16.2. The number of nitrogens with one attached hydrogen (secondary N) is 1. The van der Waals surface area contributed by atoms with Crippen LogP contribution in [0.15, 0.2) is 54.6 Å². The Kier molecular flexibility index (Phi) is 4.76. The third-order valence-electron chi connectivity index (χ3n) is 4.50. The van der Waals surface area contributed by atoms with Crippen LogP contribution in [0, 0.1) is 0 Å². The molecule has 1 heterocycles. The average molecular weight is 322 g/mol. The van der Waals surface area contributed by atoms with E-state index in [-0.39, 0.29) is 24.3 Å². The highest BCUT2D eigenvalue weighted by molar-refractivity contribution is 6.22. The third-order valence-corrected chi connectivity index (χ3v) is 4.50. The summed E-state index contributed by atoms with van der Waals surface area (Å²) in [5.41, 5.74) is 2.94. The van der Waals surface area contributed by atoms with E-state index < -0.39 is 6.04 Å². The van der Waals surface area contributed by atoms with Crippen LogP contribution in [0.5, 0.6) is 0 Å². The zero-order valence-electron chi connectivity index (χ0n) is 14.0. The van der Waals surface area contributed by atoms with Crippen LogP contribution in [0.4, 0.5) is 5.69 Å². The van der Waals surface area contributed by atoms with E-state index in [0.29, 0.717) is 5.69 Å². The van der Waals surface area contributed by atoms with Crippen molar-refractivity contribution >= 4 is 17.5 Å². The summed E-state index contributed by atoms with van der Waals surface area (Å²) in [6.45, 7) is 4.08. The van der Waals surface area contributed by atoms with Gasteiger partial charge in [-0.3, -0.25) is 14.9 Å². The summed E-state index contributed by atoms with van der Waals surface area (Å²) in [6, 6.07) is 17.1. The van der Waals surface area contributed by atoms with Crippen molar-refractivity contribution in [2.24, 2.45) is 0 Å². The van der Waals surface area contributed by atoms with Crippen molar-refractivity contribution in [3.63, 3.8) is 0 Å². The van der Waals surface area contributed by atoms with Gasteiger partial charge in [0.15, 0.2) is 0 Å². The van der Waals surface area contributed by atoms with Gasteiger partial charge in [0.2, 0.25) is 5.91 Å². The van der Waals surface area contributed by atoms with Gasteiger partial charge in [-0.2, -0.15) is 0 Å². The molecule has 3 rings (SSSR count). The van der Waals surface area contributed by atoms with E-state index in [9.17, 15) is 9.59 Å². The lowest BCUT2D eigenvalue weighted by Crippen LogP contribution is -2.39. The number of aryl methyl sites for hydroxylation is 1. The molecule has 0 saturated carbocycles. The summed E-state index contributed by atoms with van der Waals surface area (Å²) < 4.78 is 0. The van der Waals surface area contributed by atoms with E-state index in [1.54, 1.807) is 0 Å². The number of carbonyl (C=O) groups excluding carboxylic acids is 2. The number of nitrogens with zero attached hydrogens (tertiary/aromatic N) is 1. The van der Waals surface area contributed by atoms with E-state index in [2.05, 4.69) is 12.2 Å². The van der Waals surface area contributed by atoms with Gasteiger partial charge < -0.3 is 0 Å². The van der Waals surface area contributed by atoms with Crippen LogP contribution in [-0.4, -0.2) is 17.9 Å². The summed E-state index contributed by atoms with van der Waals surface area (Å²) in [5.74, 6) is -0.325. The first-order valence-electron chi connectivity index (χ1n) is 8.37. The number of amides is 2. The van der Waals surface area contributed by atoms with E-state index >= 15 is 0 Å². The van der Waals surface area contributed by atoms with Crippen molar-refractivity contribution in [3.8, 4) is 0 Å². The molecule has 124 valence electrons. The predicted molar refractivity (Wildman–Crippen MR) is 94.7 cm³/mol. The Morgan fingerprint density at radius 2 is 1.75 bits per heavy atom. The van der Waals surface area contributed by atoms with Crippen LogP contribution in [0.25, 0.3) is 0 Å². The highest BCUT2D eigenvalue weighted by Gasteiger charge is 2.39. The molecule has 24 heavy (non-hydrogen) atoms. The average Bonchev–Trinajstić information content (AvgIpc) is 2.89. The maximum atomic E-state index is 12.7. The van der Waals surface area contributed by atoms with E-state index in [0.717, 1.165) is 12.0 Å². The maximum absolute atomic E-state index is 12.7. The summed E-state index contributed by atoms with van der Waals surface area (Å²) in [5, 5.41) is 3.29. The molecule has 0 spiro atoms. The fourth-order valence-corrected chi connectivity index (χ4v) is 3.05. The minimum atomic E-state index is -0.474. The van der Waals surface area contributed by atoms with Gasteiger partial charge in [-0.25, -0.2) is 4.90 Å². The van der Waals surface area contributed by atoms with E-state index in [1.165, 1.54) is 10.5 Å². The molecule has 1 fully saturated rings. The topological polar surface area (TPSA) is 49.4 Å². The monoisotopic (exact) mass is 322 g/mol. The minimum Gasteiger partial charge on any atom is -0.299 e. The number of hydrogen-bond acceptors (Lipinski definition) is 3. The molecule has 2 amide bonds. The smallest absolute Gasteiger partial charge is 0.251 e. The Bertz CT molecular complexity index is 725. The van der Waals surface area contributed by atoms with Crippen LogP contribution in [0.1, 0.15) is 37.4 Å². The van der Waals surface area contributed by atoms with Crippen molar-refractivity contribution < 1.29 is 9.59 Å². The Morgan fingerprint density at radius 3 is 2.38 bits per heavy atom. The van der Waals surface area contributed by atoms with Crippen molar-refractivity contribution in [3.05, 3.63) is 65.7 Å². The summed E-state index contributed by atoms with van der Waals surface area (Å²) in [4.78, 5) is 26.3. The van der Waals surface area contributed by atoms with Gasteiger partial charge in [-0.05, 0) is 36.6 Å². The highest BCUT2D eigenvalue weighted by Crippen LogP contribution is 2.25. The molecule has 2 aromatic carbocycles. The second-order valence-corrected chi connectivity index (χ2v) is 6.14. The number of hydrogen-bond donors (Lipinski definition) is 1. The second kappa shape index (κ2) is 6.97. The number of benzene rings is 2. The molecular weight excluding hydrogens is 300 g/mol. The molecule has 2 aromatic rings. The fourth-order valence-electron chi connectivity index (χ4n) is 3.05. The van der Waals surface area contributed by atoms with Crippen LogP contribution in [0.3, 0.4) is 0 Å². The van der Waals surface area contributed by atoms with Gasteiger partial charge in [-0.15, -0.1) is 0 Å². The van der Waals surface area contributed by atoms with Crippen LogP contribution in [0.2, 0.25) is 0 Å². The number of rotatable bonds is 5. The zero-order chi connectivity index (χ0) is 17.1. The molecule has 0 bridgehead atoms. The molecule has 0 aliphatic carbocycles. The number of imide groups is 1. The molecule has 1 aliphatic heterocycles. The van der Waals surface area contributed by atoms with Gasteiger partial charge in [0.25, 0.3) is 5.91 Å². The van der Waals surface area contributed by atoms with Crippen molar-refractivity contribution in [2.45, 2.75) is 38.8 Å². The van der Waals surface area contributed by atoms with Gasteiger partial charge in [0.05, 0.1) is 18.2 Å². The summed E-state index contributed by atoms with van der Waals surface area (Å²) in [7, 11) is 0. The molecule has 1 aliphatic rings. The Hall–Kier alpha value is -2.46. The molecular formula is C20H22N2O2. The Balaban J connectivity index is 1.74. The summed E-state index contributed by atoms with van der Waals surface area (Å²) in [6.07, 6.45) is 1.13. The largest absolute Gasteiger partial charge is 0.299 e. The molecule has 1 saturated heterocycles. The SMILES string of the molecule is CCc1ccc(N2C(=O)C[C@@H](N[C@H](C)c3ccccc3)C2=O)cc1. The molecule has 0 aromatic heterocycles. The number of carbonyl (C=O) groups is 2. The third kappa shape index (κ3) is 3.24. The quantitative estimate of drug-likeness (QED) is 0.860. The van der Waals surface area contributed by atoms with Gasteiger partial charge in [0.1, 0.15) is 0 Å². The first-order valence-corrected chi connectivity index (χ1v) is 8.37. The first-order chi connectivity index (χ1) is 11.6. The van der Waals surface area contributed by atoms with E-state index in [1.807, 2.05) is 61.5 Å². The normalized spacial score (nSPS) is 18.9. The Morgan fingerprint density at radius 1 is 1.08 bits per heavy atom. The first kappa shape index (κ1) is 16.4. The van der Waals surface area contributed by atoms with Gasteiger partial charge in [-0.1, -0.05) is 49.4 Å². The van der Waals surface area contributed by atoms with Crippen molar-refractivity contribution in [2.75, 3.05) is 4.90 Å². The lowest BCUT2D eigenvalue weighted by atomic mass is 10.1. The van der Waals surface area contributed by atoms with Gasteiger partial charge in [0, 0.05) is 6.04 Å². The van der Waals surface area contributed by atoms with E-state index in [4.69, 9.17) is 0 Å². The van der Waals surface area contributed by atoms with Crippen LogP contribution in [-0.2, 0) is 16.0 Å². The second-order valence-electron chi connectivity index (χ2n) is 6.14. The van der Waals surface area contributed by atoms with Gasteiger partial charge >= 0.3 is 0 Å². The maximum Gasteiger partial charge on any atom is 0.251 e. The lowest BCUT2D eigenvalue weighted by Gasteiger charge is -2.19. The Labute approximate surface area is 142 Å². The summed E-state index contributed by atoms with van der Waals surface area (Å²) >= 11 is 0.